The van der Waals surface area contributed by atoms with E-state index < -0.39 is 22.9 Å². The minimum atomic E-state index is -4.53. The van der Waals surface area contributed by atoms with E-state index in [-0.39, 0.29) is 11.4 Å². The highest BCUT2D eigenvalue weighted by atomic mass is 35.5. The Labute approximate surface area is 103 Å². The normalized spacial score (nSPS) is 12.6. The summed E-state index contributed by atoms with van der Waals surface area (Å²) < 4.78 is 38.1. The lowest BCUT2D eigenvalue weighted by atomic mass is 9.84. The Hall–Kier alpha value is -1.03. The van der Waals surface area contributed by atoms with Gasteiger partial charge < -0.3 is 0 Å². The van der Waals surface area contributed by atoms with E-state index in [0.717, 1.165) is 6.07 Å². The second-order valence-electron chi connectivity index (χ2n) is 4.39. The smallest absolute Gasteiger partial charge is 0.294 e. The number of rotatable bonds is 3. The summed E-state index contributed by atoms with van der Waals surface area (Å²) in [5.74, 6) is -0.627. The summed E-state index contributed by atoms with van der Waals surface area (Å²) in [5, 5.41) is 0. The molecule has 1 nitrogen and oxygen atoms in total. The second kappa shape index (κ2) is 4.69. The van der Waals surface area contributed by atoms with Crippen LogP contribution in [0.25, 0.3) is 0 Å². The predicted molar refractivity (Wildman–Crippen MR) is 60.3 cm³/mol. The number of hydrogen-bond acceptors (Lipinski definition) is 1. The van der Waals surface area contributed by atoms with Gasteiger partial charge in [-0.1, -0.05) is 32.0 Å². The number of carbonyl (C=O) groups is 1. The van der Waals surface area contributed by atoms with Crippen molar-refractivity contribution in [1.82, 2.24) is 0 Å². The van der Waals surface area contributed by atoms with Gasteiger partial charge in [-0.2, -0.15) is 13.2 Å². The van der Waals surface area contributed by atoms with E-state index >= 15 is 0 Å². The Morgan fingerprint density at radius 2 is 1.76 bits per heavy atom. The topological polar surface area (TPSA) is 17.1 Å². The second-order valence-corrected chi connectivity index (χ2v) is 4.66. The summed E-state index contributed by atoms with van der Waals surface area (Å²) in [5.41, 5.74) is -2.25. The molecule has 0 spiro atoms. The Morgan fingerprint density at radius 3 is 2.24 bits per heavy atom. The molecule has 0 unspecified atom stereocenters. The summed E-state index contributed by atoms with van der Waals surface area (Å²) in [6, 6.07) is 4.75. The van der Waals surface area contributed by atoms with Gasteiger partial charge in [0, 0.05) is 16.9 Å². The minimum absolute atomic E-state index is 0.0297. The molecule has 0 aliphatic heterocycles. The van der Waals surface area contributed by atoms with Crippen LogP contribution in [0.15, 0.2) is 24.3 Å². The highest BCUT2D eigenvalue weighted by Gasteiger charge is 2.38. The number of ketones is 1. The van der Waals surface area contributed by atoms with Gasteiger partial charge in [0.15, 0.2) is 5.78 Å². The van der Waals surface area contributed by atoms with Crippen molar-refractivity contribution in [3.8, 4) is 0 Å². The molecule has 0 aliphatic rings. The summed E-state index contributed by atoms with van der Waals surface area (Å²) in [7, 11) is 0. The van der Waals surface area contributed by atoms with E-state index in [0.29, 0.717) is 0 Å². The lowest BCUT2D eigenvalue weighted by molar-refractivity contribution is -0.138. The molecule has 0 atom stereocenters. The first kappa shape index (κ1) is 14.0. The first-order valence-electron chi connectivity index (χ1n) is 4.97. The molecular weight excluding hydrogens is 253 g/mol. The van der Waals surface area contributed by atoms with E-state index in [4.69, 9.17) is 11.6 Å². The third kappa shape index (κ3) is 3.00. The van der Waals surface area contributed by atoms with Gasteiger partial charge in [-0.3, -0.25) is 4.79 Å². The Kier molecular flexibility index (Phi) is 3.87. The highest BCUT2D eigenvalue weighted by molar-refractivity contribution is 6.21. The molecule has 1 aromatic carbocycles. The first-order chi connectivity index (χ1) is 7.70. The molecule has 0 aliphatic carbocycles. The lowest BCUT2D eigenvalue weighted by Crippen LogP contribution is -2.28. The fraction of sp³-hybridized carbons (Fsp3) is 0.417. The number of hydrogen-bond donors (Lipinski definition) is 0. The summed E-state index contributed by atoms with van der Waals surface area (Å²) in [6.07, 6.45) is -4.53. The fourth-order valence-corrected chi connectivity index (χ4v) is 1.47. The van der Waals surface area contributed by atoms with Crippen LogP contribution in [-0.2, 0) is 6.18 Å². The Bertz CT molecular complexity index is 424. The molecule has 0 radical (unpaired) electrons. The molecular formula is C12H12ClF3O. The van der Waals surface area contributed by atoms with Crippen LogP contribution in [0.1, 0.15) is 29.8 Å². The summed E-state index contributed by atoms with van der Waals surface area (Å²) >= 11 is 5.60. The van der Waals surface area contributed by atoms with Crippen LogP contribution in [0, 0.1) is 5.41 Å². The van der Waals surface area contributed by atoms with Crippen LogP contribution < -0.4 is 0 Å². The standard InChI is InChI=1S/C12H12ClF3O/c1-11(2,7-13)10(17)8-5-3-4-6-9(8)12(14,15)16/h3-6H,7H2,1-2H3. The monoisotopic (exact) mass is 264 g/mol. The van der Waals surface area contributed by atoms with Crippen molar-refractivity contribution in [2.75, 3.05) is 5.88 Å². The van der Waals surface area contributed by atoms with Gasteiger partial charge in [-0.15, -0.1) is 11.6 Å². The van der Waals surface area contributed by atoms with E-state index in [2.05, 4.69) is 0 Å². The number of carbonyl (C=O) groups excluding carboxylic acids is 1. The van der Waals surface area contributed by atoms with Crippen LogP contribution in [0.4, 0.5) is 13.2 Å². The summed E-state index contributed by atoms with van der Waals surface area (Å²) in [6.45, 7) is 3.05. The molecule has 0 fully saturated rings. The molecule has 17 heavy (non-hydrogen) atoms. The zero-order valence-electron chi connectivity index (χ0n) is 9.44. The molecule has 0 saturated carbocycles. The SMILES string of the molecule is CC(C)(CCl)C(=O)c1ccccc1C(F)(F)F. The Morgan fingerprint density at radius 1 is 1.24 bits per heavy atom. The van der Waals surface area contributed by atoms with Crippen LogP contribution in [-0.4, -0.2) is 11.7 Å². The van der Waals surface area contributed by atoms with Crippen LogP contribution in [0.2, 0.25) is 0 Å². The van der Waals surface area contributed by atoms with Crippen LogP contribution in [0.3, 0.4) is 0 Å². The molecule has 94 valence electrons. The van der Waals surface area contributed by atoms with Gasteiger partial charge >= 0.3 is 6.18 Å². The van der Waals surface area contributed by atoms with Crippen molar-refractivity contribution in [1.29, 1.82) is 0 Å². The van der Waals surface area contributed by atoms with Crippen LogP contribution in [0.5, 0.6) is 0 Å². The molecule has 0 heterocycles. The quantitative estimate of drug-likeness (QED) is 0.592. The van der Waals surface area contributed by atoms with Crippen molar-refractivity contribution in [3.05, 3.63) is 35.4 Å². The molecule has 0 amide bonds. The maximum atomic E-state index is 12.7. The van der Waals surface area contributed by atoms with Crippen molar-refractivity contribution >= 4 is 17.4 Å². The fourth-order valence-electron chi connectivity index (χ4n) is 1.35. The average Bonchev–Trinajstić information content (AvgIpc) is 2.27. The van der Waals surface area contributed by atoms with Crippen molar-refractivity contribution in [3.63, 3.8) is 0 Å². The Balaban J connectivity index is 3.29. The van der Waals surface area contributed by atoms with Gasteiger partial charge in [0.1, 0.15) is 0 Å². The highest BCUT2D eigenvalue weighted by Crippen LogP contribution is 2.35. The minimum Gasteiger partial charge on any atom is -0.294 e. The first-order valence-corrected chi connectivity index (χ1v) is 5.50. The van der Waals surface area contributed by atoms with E-state index in [1.165, 1.54) is 32.0 Å². The average molecular weight is 265 g/mol. The largest absolute Gasteiger partial charge is 0.417 e. The van der Waals surface area contributed by atoms with E-state index in [1.54, 1.807) is 0 Å². The maximum Gasteiger partial charge on any atom is 0.417 e. The van der Waals surface area contributed by atoms with Crippen molar-refractivity contribution in [2.24, 2.45) is 5.41 Å². The molecule has 5 heteroatoms. The van der Waals surface area contributed by atoms with Gasteiger partial charge in [0.25, 0.3) is 0 Å². The maximum absolute atomic E-state index is 12.7. The van der Waals surface area contributed by atoms with E-state index in [1.807, 2.05) is 0 Å². The molecule has 1 aromatic rings. The molecule has 1 rings (SSSR count). The molecule has 0 N–H and O–H groups in total. The third-order valence-corrected chi connectivity index (χ3v) is 3.09. The third-order valence-electron chi connectivity index (χ3n) is 2.43. The summed E-state index contributed by atoms with van der Waals surface area (Å²) in [4.78, 5) is 12.0. The zero-order chi connectivity index (χ0) is 13.3. The van der Waals surface area contributed by atoms with Crippen molar-refractivity contribution in [2.45, 2.75) is 20.0 Å². The number of halogens is 4. The lowest BCUT2D eigenvalue weighted by Gasteiger charge is -2.22. The number of alkyl halides is 4. The van der Waals surface area contributed by atoms with Gasteiger partial charge in [-0.05, 0) is 6.07 Å². The van der Waals surface area contributed by atoms with Gasteiger partial charge in [0.2, 0.25) is 0 Å². The van der Waals surface area contributed by atoms with E-state index in [9.17, 15) is 18.0 Å². The van der Waals surface area contributed by atoms with Crippen LogP contribution >= 0.6 is 11.6 Å². The zero-order valence-corrected chi connectivity index (χ0v) is 10.2. The molecule has 0 aromatic heterocycles. The predicted octanol–water partition coefficient (Wildman–Crippen LogP) is 4.15. The number of Topliss-reactive ketones (excluding diaryl/α,β-unsaturated/α-hetero) is 1. The van der Waals surface area contributed by atoms with Crippen molar-refractivity contribution < 1.29 is 18.0 Å². The molecule has 0 bridgehead atoms. The van der Waals surface area contributed by atoms with Gasteiger partial charge in [-0.25, -0.2) is 0 Å². The molecule has 0 saturated heterocycles. The van der Waals surface area contributed by atoms with Gasteiger partial charge in [0.05, 0.1) is 5.56 Å². The number of benzene rings is 1.